The van der Waals surface area contributed by atoms with Crippen molar-refractivity contribution in [1.82, 2.24) is 0 Å². The van der Waals surface area contributed by atoms with E-state index in [1.165, 1.54) is 12.1 Å². The Kier molecular flexibility index (Phi) is 2.31. The van der Waals surface area contributed by atoms with Crippen molar-refractivity contribution in [2.75, 3.05) is 0 Å². The van der Waals surface area contributed by atoms with Crippen LogP contribution in [0.2, 0.25) is 0 Å². The summed E-state index contributed by atoms with van der Waals surface area (Å²) < 4.78 is 66.4. The molecule has 0 bridgehead atoms. The number of thiol groups is 1. The molecule has 1 aromatic rings. The van der Waals surface area contributed by atoms with Crippen molar-refractivity contribution in [3.63, 3.8) is 0 Å². The van der Waals surface area contributed by atoms with E-state index in [4.69, 9.17) is 0 Å². The first kappa shape index (κ1) is 11.4. The lowest BCUT2D eigenvalue weighted by Crippen LogP contribution is -2.30. The third kappa shape index (κ3) is 1.29. The van der Waals surface area contributed by atoms with E-state index in [0.717, 1.165) is 12.1 Å². The highest BCUT2D eigenvalue weighted by Gasteiger charge is 2.54. The van der Waals surface area contributed by atoms with Gasteiger partial charge in [-0.2, -0.15) is 8.78 Å². The number of fused-ring (bicyclic) bond motifs is 1. The second-order valence-corrected chi connectivity index (χ2v) is 3.99. The van der Waals surface area contributed by atoms with Crippen molar-refractivity contribution in [3.05, 3.63) is 47.0 Å². The van der Waals surface area contributed by atoms with Crippen LogP contribution in [0.25, 0.3) is 0 Å². The smallest absolute Gasteiger partial charge is 0.219 e. The van der Waals surface area contributed by atoms with Gasteiger partial charge in [0.2, 0.25) is 10.8 Å². The predicted octanol–water partition coefficient (Wildman–Crippen LogP) is 3.99. The van der Waals surface area contributed by atoms with Gasteiger partial charge in [-0.05, 0) is 0 Å². The predicted molar refractivity (Wildman–Crippen MR) is 51.4 cm³/mol. The molecule has 86 valence electrons. The molecule has 0 aromatic heterocycles. The monoisotopic (exact) mass is 252 g/mol. The topological polar surface area (TPSA) is 0 Å². The van der Waals surface area contributed by atoms with Gasteiger partial charge in [-0.25, -0.2) is 13.2 Å². The Labute approximate surface area is 93.2 Å². The van der Waals surface area contributed by atoms with Crippen molar-refractivity contribution in [2.24, 2.45) is 0 Å². The molecule has 0 fully saturated rings. The molecule has 0 nitrogen and oxygen atoms in total. The minimum atomic E-state index is -4.15. The number of allylic oxidation sites excluding steroid dienone is 1. The lowest BCUT2D eigenvalue weighted by Gasteiger charge is -2.30. The van der Waals surface area contributed by atoms with Crippen LogP contribution in [0.3, 0.4) is 0 Å². The minimum Gasteiger partial charge on any atom is -0.219 e. The number of hydrogen-bond acceptors (Lipinski definition) is 1. The van der Waals surface area contributed by atoms with Crippen LogP contribution in [-0.4, -0.2) is 0 Å². The van der Waals surface area contributed by atoms with Crippen molar-refractivity contribution in [1.29, 1.82) is 0 Å². The maximum absolute atomic E-state index is 13.7. The Hall–Kier alpha value is -1.04. The lowest BCUT2D eigenvalue weighted by molar-refractivity contribution is -0.00240. The molecule has 2 rings (SSSR count). The average molecular weight is 252 g/mol. The van der Waals surface area contributed by atoms with Crippen LogP contribution in [-0.2, 0) is 10.9 Å². The van der Waals surface area contributed by atoms with Crippen LogP contribution in [0, 0.1) is 0 Å². The van der Waals surface area contributed by atoms with Crippen LogP contribution >= 0.6 is 12.6 Å². The quantitative estimate of drug-likeness (QED) is 0.523. The van der Waals surface area contributed by atoms with E-state index in [0.29, 0.717) is 0 Å². The molecule has 0 saturated heterocycles. The number of halogens is 5. The molecule has 1 aromatic carbocycles. The Morgan fingerprint density at radius 2 is 1.38 bits per heavy atom. The first-order valence-corrected chi connectivity index (χ1v) is 4.69. The number of benzene rings is 1. The fourth-order valence-corrected chi connectivity index (χ4v) is 1.86. The van der Waals surface area contributed by atoms with E-state index < -0.39 is 33.7 Å². The Morgan fingerprint density at radius 1 is 0.875 bits per heavy atom. The number of hydrogen-bond donors (Lipinski definition) is 1. The van der Waals surface area contributed by atoms with Crippen LogP contribution in [0.4, 0.5) is 22.0 Å². The Morgan fingerprint density at radius 3 is 1.94 bits per heavy atom. The van der Waals surface area contributed by atoms with E-state index in [1.807, 2.05) is 0 Å². The number of rotatable bonds is 0. The van der Waals surface area contributed by atoms with Gasteiger partial charge in [-0.3, -0.25) is 0 Å². The van der Waals surface area contributed by atoms with Crippen molar-refractivity contribution in [3.8, 4) is 0 Å². The highest BCUT2D eigenvalue weighted by molar-refractivity contribution is 7.81. The van der Waals surface area contributed by atoms with Crippen LogP contribution in [0.1, 0.15) is 11.1 Å². The third-order valence-corrected chi connectivity index (χ3v) is 2.82. The molecule has 0 radical (unpaired) electrons. The minimum absolute atomic E-state index is 0.678. The summed E-state index contributed by atoms with van der Waals surface area (Å²) in [6.45, 7) is 0. The van der Waals surface area contributed by atoms with Gasteiger partial charge in [-0.1, -0.05) is 24.3 Å². The van der Waals surface area contributed by atoms with Crippen molar-refractivity contribution in [2.45, 2.75) is 10.9 Å². The number of alkyl halides is 3. The average Bonchev–Trinajstić information content (AvgIpc) is 2.25. The molecule has 0 spiro atoms. The molecule has 16 heavy (non-hydrogen) atoms. The molecule has 6 heteroatoms. The second kappa shape index (κ2) is 3.23. The summed E-state index contributed by atoms with van der Waals surface area (Å²) in [6, 6.07) is 4.22. The van der Waals surface area contributed by atoms with E-state index in [1.54, 1.807) is 0 Å². The van der Waals surface area contributed by atoms with E-state index in [-0.39, 0.29) is 0 Å². The molecule has 0 N–H and O–H groups in total. The summed E-state index contributed by atoms with van der Waals surface area (Å²) in [6.07, 6.45) is 0. The standard InChI is InChI=1S/C10H5F5S/c11-7-8(12)10(15,16)6-4-2-1-3-5(6)9(7,13)14/h1-4,16H. The van der Waals surface area contributed by atoms with Gasteiger partial charge in [0.25, 0.3) is 0 Å². The summed E-state index contributed by atoms with van der Waals surface area (Å²) in [4.78, 5) is 0. The second-order valence-electron chi connectivity index (χ2n) is 3.37. The van der Waals surface area contributed by atoms with Gasteiger partial charge < -0.3 is 0 Å². The van der Waals surface area contributed by atoms with Crippen molar-refractivity contribution >= 4 is 12.6 Å². The van der Waals surface area contributed by atoms with Gasteiger partial charge >= 0.3 is 5.92 Å². The SMILES string of the molecule is FC1=C(F)C(F)(S)c2ccccc2C1(F)F. The lowest BCUT2D eigenvalue weighted by atomic mass is 9.90. The highest BCUT2D eigenvalue weighted by atomic mass is 32.1. The first-order valence-electron chi connectivity index (χ1n) is 4.25. The fraction of sp³-hybridized carbons (Fsp3) is 0.200. The van der Waals surface area contributed by atoms with E-state index >= 15 is 0 Å². The molecule has 1 aliphatic carbocycles. The largest absolute Gasteiger partial charge is 0.327 e. The fourth-order valence-electron chi connectivity index (χ4n) is 1.57. The first-order chi connectivity index (χ1) is 7.29. The van der Waals surface area contributed by atoms with Gasteiger partial charge in [0.05, 0.1) is 0 Å². The molecular formula is C10H5F5S. The molecule has 0 heterocycles. The zero-order valence-electron chi connectivity index (χ0n) is 7.65. The van der Waals surface area contributed by atoms with Crippen molar-refractivity contribution < 1.29 is 22.0 Å². The Balaban J connectivity index is 2.80. The summed E-state index contributed by atoms with van der Waals surface area (Å²) in [5, 5.41) is -3.15. The van der Waals surface area contributed by atoms with Crippen LogP contribution in [0.15, 0.2) is 35.9 Å². The summed E-state index contributed by atoms with van der Waals surface area (Å²) in [5.41, 5.74) is -1.59. The molecule has 1 atom stereocenters. The molecule has 0 aliphatic heterocycles. The Bertz CT molecular complexity index is 435. The van der Waals surface area contributed by atoms with Crippen LogP contribution < -0.4 is 0 Å². The van der Waals surface area contributed by atoms with E-state index in [2.05, 4.69) is 12.6 Å². The van der Waals surface area contributed by atoms with Gasteiger partial charge in [-0.15, -0.1) is 12.6 Å². The molecular weight excluding hydrogens is 247 g/mol. The summed E-state index contributed by atoms with van der Waals surface area (Å²) in [7, 11) is 0. The molecule has 1 aliphatic rings. The highest BCUT2D eigenvalue weighted by Crippen LogP contribution is 2.54. The van der Waals surface area contributed by atoms with E-state index in [9.17, 15) is 22.0 Å². The molecule has 0 amide bonds. The summed E-state index contributed by atoms with van der Waals surface area (Å²) >= 11 is 3.26. The molecule has 1 unspecified atom stereocenters. The third-order valence-electron chi connectivity index (χ3n) is 2.38. The van der Waals surface area contributed by atoms with Gasteiger partial charge in [0.1, 0.15) is 0 Å². The maximum Gasteiger partial charge on any atom is 0.327 e. The maximum atomic E-state index is 13.7. The summed E-state index contributed by atoms with van der Waals surface area (Å²) in [5.74, 6) is -8.78. The van der Waals surface area contributed by atoms with Crippen LogP contribution in [0.5, 0.6) is 0 Å². The normalized spacial score (nSPS) is 27.9. The zero-order valence-corrected chi connectivity index (χ0v) is 8.54. The molecule has 0 saturated carbocycles. The van der Waals surface area contributed by atoms with Gasteiger partial charge in [0, 0.05) is 11.1 Å². The zero-order chi connectivity index (χ0) is 12.1. The van der Waals surface area contributed by atoms with Gasteiger partial charge in [0.15, 0.2) is 5.83 Å².